The maximum Gasteiger partial charge on any atom is 0.336 e. The Kier molecular flexibility index (Phi) is 8.27. The average molecular weight is 234 g/mol. The van der Waals surface area contributed by atoms with E-state index in [0.717, 1.165) is 32.5 Å². The Balaban J connectivity index is 0.000000583. The van der Waals surface area contributed by atoms with Crippen LogP contribution in [0.3, 0.4) is 0 Å². The molecule has 0 aromatic heterocycles. The number of nitrogens with zero attached hydrogens (tertiary/aromatic N) is 1. The van der Waals surface area contributed by atoms with Crippen molar-refractivity contribution in [2.45, 2.75) is 32.9 Å². The first-order valence-corrected chi connectivity index (χ1v) is 8.23. The summed E-state index contributed by atoms with van der Waals surface area (Å²) in [6.07, 6.45) is 1.16. The summed E-state index contributed by atoms with van der Waals surface area (Å²) in [5.74, 6) is 0. The molecular formula is C10H26N2O2Si. The molecule has 1 N–H and O–H groups in total. The summed E-state index contributed by atoms with van der Waals surface area (Å²) in [6.45, 7) is 8.99. The SMILES string of the molecule is CCC[Si]1(C)OCN(CC)CO1.CNC. The van der Waals surface area contributed by atoms with Crippen LogP contribution in [0.25, 0.3) is 0 Å². The summed E-state index contributed by atoms with van der Waals surface area (Å²) < 4.78 is 11.5. The van der Waals surface area contributed by atoms with E-state index in [-0.39, 0.29) is 0 Å². The van der Waals surface area contributed by atoms with Crippen LogP contribution in [0.4, 0.5) is 0 Å². The monoisotopic (exact) mass is 234 g/mol. The fourth-order valence-electron chi connectivity index (χ4n) is 1.32. The van der Waals surface area contributed by atoms with Crippen molar-refractivity contribution in [3.8, 4) is 0 Å². The topological polar surface area (TPSA) is 33.7 Å². The fourth-order valence-corrected chi connectivity index (χ4v) is 3.51. The van der Waals surface area contributed by atoms with Gasteiger partial charge in [0.2, 0.25) is 0 Å². The molecule has 1 heterocycles. The third-order valence-electron chi connectivity index (χ3n) is 2.26. The zero-order chi connectivity index (χ0) is 11.7. The maximum absolute atomic E-state index is 5.75. The quantitative estimate of drug-likeness (QED) is 0.752. The van der Waals surface area contributed by atoms with Crippen LogP contribution in [-0.4, -0.2) is 47.6 Å². The smallest absolute Gasteiger partial charge is 0.336 e. The minimum atomic E-state index is -1.74. The zero-order valence-electron chi connectivity index (χ0n) is 10.8. The molecule has 0 aromatic carbocycles. The van der Waals surface area contributed by atoms with Gasteiger partial charge in [0.1, 0.15) is 0 Å². The first kappa shape index (κ1) is 15.1. The molecule has 1 aliphatic heterocycles. The van der Waals surface area contributed by atoms with Crippen LogP contribution in [-0.2, 0) is 8.85 Å². The Morgan fingerprint density at radius 1 is 1.20 bits per heavy atom. The van der Waals surface area contributed by atoms with Gasteiger partial charge < -0.3 is 14.2 Å². The fraction of sp³-hybridized carbons (Fsp3) is 1.00. The lowest BCUT2D eigenvalue weighted by Gasteiger charge is -2.37. The van der Waals surface area contributed by atoms with Crippen molar-refractivity contribution in [1.82, 2.24) is 10.2 Å². The van der Waals surface area contributed by atoms with Crippen LogP contribution < -0.4 is 5.32 Å². The van der Waals surface area contributed by atoms with Gasteiger partial charge in [0.05, 0.1) is 13.5 Å². The molecule has 0 aromatic rings. The highest BCUT2D eigenvalue weighted by Gasteiger charge is 2.34. The molecule has 92 valence electrons. The second-order valence-corrected chi connectivity index (χ2v) is 7.26. The third kappa shape index (κ3) is 6.27. The molecule has 0 radical (unpaired) electrons. The van der Waals surface area contributed by atoms with Gasteiger partial charge in [0, 0.05) is 0 Å². The minimum absolute atomic E-state index is 0.763. The standard InChI is InChI=1S/C8H19NO2Si.C2H7N/c1-4-6-12(3)10-7-9(5-2)8-11-12;1-3-2/h4-8H2,1-3H3;3H,1-2H3. The minimum Gasteiger partial charge on any atom is -0.381 e. The summed E-state index contributed by atoms with van der Waals surface area (Å²) in [5, 5.41) is 2.75. The van der Waals surface area contributed by atoms with Crippen LogP contribution >= 0.6 is 0 Å². The Bertz CT molecular complexity index is 150. The molecule has 0 spiro atoms. The first-order valence-electron chi connectivity index (χ1n) is 5.70. The molecule has 0 saturated carbocycles. The van der Waals surface area contributed by atoms with Crippen molar-refractivity contribution >= 4 is 8.56 Å². The molecule has 4 nitrogen and oxygen atoms in total. The van der Waals surface area contributed by atoms with Gasteiger partial charge in [-0.25, -0.2) is 0 Å². The van der Waals surface area contributed by atoms with Gasteiger partial charge in [-0.05, 0) is 33.2 Å². The van der Waals surface area contributed by atoms with Crippen molar-refractivity contribution in [1.29, 1.82) is 0 Å². The van der Waals surface area contributed by atoms with Crippen molar-refractivity contribution in [3.05, 3.63) is 0 Å². The van der Waals surface area contributed by atoms with Crippen LogP contribution in [0.1, 0.15) is 20.3 Å². The lowest BCUT2D eigenvalue weighted by molar-refractivity contribution is -0.0285. The Hall–Kier alpha value is 0.0569. The number of hydrogen-bond acceptors (Lipinski definition) is 4. The van der Waals surface area contributed by atoms with Gasteiger partial charge in [-0.1, -0.05) is 20.3 Å². The molecule has 0 amide bonds. The molecule has 5 heteroatoms. The largest absolute Gasteiger partial charge is 0.381 e. The predicted molar refractivity (Wildman–Crippen MR) is 66.0 cm³/mol. The van der Waals surface area contributed by atoms with Crippen molar-refractivity contribution in [2.75, 3.05) is 34.1 Å². The molecule has 0 unspecified atom stereocenters. The van der Waals surface area contributed by atoms with E-state index in [1.165, 1.54) is 0 Å². The van der Waals surface area contributed by atoms with E-state index in [4.69, 9.17) is 8.85 Å². The Labute approximate surface area is 95.2 Å². The lowest BCUT2D eigenvalue weighted by atomic mass is 10.6. The van der Waals surface area contributed by atoms with Crippen LogP contribution in [0, 0.1) is 0 Å². The maximum atomic E-state index is 5.75. The summed E-state index contributed by atoms with van der Waals surface area (Å²) in [6, 6.07) is 1.12. The number of hydrogen-bond donors (Lipinski definition) is 1. The molecular weight excluding hydrogens is 208 g/mol. The van der Waals surface area contributed by atoms with E-state index in [2.05, 4.69) is 30.6 Å². The van der Waals surface area contributed by atoms with Crippen molar-refractivity contribution in [2.24, 2.45) is 0 Å². The highest BCUT2D eigenvalue weighted by atomic mass is 28.4. The van der Waals surface area contributed by atoms with Crippen LogP contribution in [0.5, 0.6) is 0 Å². The van der Waals surface area contributed by atoms with E-state index >= 15 is 0 Å². The molecule has 15 heavy (non-hydrogen) atoms. The number of rotatable bonds is 3. The van der Waals surface area contributed by atoms with Crippen LogP contribution in [0.2, 0.25) is 12.6 Å². The Morgan fingerprint density at radius 2 is 1.67 bits per heavy atom. The van der Waals surface area contributed by atoms with E-state index in [0.29, 0.717) is 0 Å². The predicted octanol–water partition coefficient (Wildman–Crippen LogP) is 1.59. The molecule has 1 aliphatic rings. The van der Waals surface area contributed by atoms with Crippen molar-refractivity contribution < 1.29 is 8.85 Å². The first-order chi connectivity index (χ1) is 7.11. The molecule has 1 saturated heterocycles. The molecule has 1 fully saturated rings. The van der Waals surface area contributed by atoms with E-state index in [1.54, 1.807) is 0 Å². The van der Waals surface area contributed by atoms with Gasteiger partial charge in [-0.15, -0.1) is 0 Å². The van der Waals surface area contributed by atoms with E-state index in [1.807, 2.05) is 14.1 Å². The highest BCUT2D eigenvalue weighted by Crippen LogP contribution is 2.19. The van der Waals surface area contributed by atoms with E-state index in [9.17, 15) is 0 Å². The van der Waals surface area contributed by atoms with Gasteiger partial charge in [-0.2, -0.15) is 0 Å². The second kappa shape index (κ2) is 8.24. The van der Waals surface area contributed by atoms with Gasteiger partial charge >= 0.3 is 8.56 Å². The van der Waals surface area contributed by atoms with Gasteiger partial charge in [0.15, 0.2) is 0 Å². The molecule has 1 rings (SSSR count). The van der Waals surface area contributed by atoms with Crippen LogP contribution in [0.15, 0.2) is 0 Å². The molecule has 0 aliphatic carbocycles. The molecule has 0 bridgehead atoms. The van der Waals surface area contributed by atoms with Crippen molar-refractivity contribution in [3.63, 3.8) is 0 Å². The lowest BCUT2D eigenvalue weighted by Crippen LogP contribution is -2.50. The molecule has 0 atom stereocenters. The summed E-state index contributed by atoms with van der Waals surface area (Å²) in [5.41, 5.74) is 0. The van der Waals surface area contributed by atoms with Gasteiger partial charge in [0.25, 0.3) is 0 Å². The highest BCUT2D eigenvalue weighted by molar-refractivity contribution is 6.66. The summed E-state index contributed by atoms with van der Waals surface area (Å²) >= 11 is 0. The Morgan fingerprint density at radius 3 is 2.00 bits per heavy atom. The normalized spacial score (nSPS) is 20.6. The van der Waals surface area contributed by atoms with E-state index < -0.39 is 8.56 Å². The summed E-state index contributed by atoms with van der Waals surface area (Å²) in [7, 11) is 2.01. The second-order valence-electron chi connectivity index (χ2n) is 3.92. The zero-order valence-corrected chi connectivity index (χ0v) is 11.8. The summed E-state index contributed by atoms with van der Waals surface area (Å²) in [4.78, 5) is 2.16. The van der Waals surface area contributed by atoms with Gasteiger partial charge in [-0.3, -0.25) is 4.90 Å². The number of nitrogens with one attached hydrogen (secondary N) is 1. The third-order valence-corrected chi connectivity index (χ3v) is 5.14. The average Bonchev–Trinajstić information content (AvgIpc) is 2.20.